The fourth-order valence-electron chi connectivity index (χ4n) is 1.65. The van der Waals surface area contributed by atoms with Gasteiger partial charge >= 0.3 is 0 Å². The summed E-state index contributed by atoms with van der Waals surface area (Å²) in [5.74, 6) is 0. The van der Waals surface area contributed by atoms with Crippen LogP contribution in [0.1, 0.15) is 5.56 Å². The summed E-state index contributed by atoms with van der Waals surface area (Å²) in [6.45, 7) is 1.86. The molecular formula is C11H11N3O2. The van der Waals surface area contributed by atoms with E-state index in [4.69, 9.17) is 0 Å². The van der Waals surface area contributed by atoms with Crippen molar-refractivity contribution in [2.75, 3.05) is 0 Å². The Kier molecular flexibility index (Phi) is 2.44. The van der Waals surface area contributed by atoms with Crippen LogP contribution in [0.15, 0.2) is 30.6 Å². The number of non-ortho nitro benzene ring substituents is 1. The van der Waals surface area contributed by atoms with Gasteiger partial charge in [0.15, 0.2) is 0 Å². The van der Waals surface area contributed by atoms with Crippen LogP contribution < -0.4 is 0 Å². The first-order valence-electron chi connectivity index (χ1n) is 4.82. The monoisotopic (exact) mass is 217 g/mol. The zero-order chi connectivity index (χ0) is 11.7. The van der Waals surface area contributed by atoms with E-state index in [-0.39, 0.29) is 10.6 Å². The van der Waals surface area contributed by atoms with Crippen molar-refractivity contribution in [3.05, 3.63) is 46.3 Å². The lowest BCUT2D eigenvalue weighted by Gasteiger charge is -2.02. The normalized spacial score (nSPS) is 10.4. The molecule has 1 heterocycles. The number of aromatic nitrogens is 2. The topological polar surface area (TPSA) is 61.0 Å². The zero-order valence-corrected chi connectivity index (χ0v) is 9.04. The molecule has 0 N–H and O–H groups in total. The molecule has 0 saturated carbocycles. The second-order valence-corrected chi connectivity index (χ2v) is 3.66. The molecule has 2 rings (SSSR count). The van der Waals surface area contributed by atoms with Crippen LogP contribution in [0.25, 0.3) is 11.1 Å². The molecule has 0 fully saturated rings. The average Bonchev–Trinajstić information content (AvgIpc) is 2.64. The summed E-state index contributed by atoms with van der Waals surface area (Å²) >= 11 is 0. The molecule has 0 amide bonds. The number of nitro groups is 1. The third-order valence-electron chi connectivity index (χ3n) is 2.44. The molecule has 1 aromatic carbocycles. The van der Waals surface area contributed by atoms with Gasteiger partial charge in [0.05, 0.1) is 11.1 Å². The fourth-order valence-corrected chi connectivity index (χ4v) is 1.65. The number of hydrogen-bond donors (Lipinski definition) is 0. The quantitative estimate of drug-likeness (QED) is 0.572. The maximum atomic E-state index is 10.6. The Morgan fingerprint density at radius 2 is 2.19 bits per heavy atom. The van der Waals surface area contributed by atoms with Crippen LogP contribution in [0.4, 0.5) is 5.69 Å². The van der Waals surface area contributed by atoms with E-state index >= 15 is 0 Å². The highest BCUT2D eigenvalue weighted by molar-refractivity contribution is 5.67. The average molecular weight is 217 g/mol. The predicted molar refractivity (Wildman–Crippen MR) is 60.0 cm³/mol. The van der Waals surface area contributed by atoms with Gasteiger partial charge in [-0.1, -0.05) is 0 Å². The zero-order valence-electron chi connectivity index (χ0n) is 9.04. The van der Waals surface area contributed by atoms with Crippen LogP contribution in [-0.4, -0.2) is 14.7 Å². The van der Waals surface area contributed by atoms with Gasteiger partial charge in [0.25, 0.3) is 5.69 Å². The number of aryl methyl sites for hydroxylation is 2. The molecular weight excluding hydrogens is 206 g/mol. The van der Waals surface area contributed by atoms with Crippen molar-refractivity contribution in [3.63, 3.8) is 0 Å². The number of benzene rings is 1. The molecule has 0 aliphatic carbocycles. The molecule has 0 bridgehead atoms. The minimum atomic E-state index is -0.389. The largest absolute Gasteiger partial charge is 0.275 e. The predicted octanol–water partition coefficient (Wildman–Crippen LogP) is 2.30. The highest BCUT2D eigenvalue weighted by Crippen LogP contribution is 2.26. The van der Waals surface area contributed by atoms with E-state index in [9.17, 15) is 10.1 Å². The summed E-state index contributed by atoms with van der Waals surface area (Å²) in [5.41, 5.74) is 2.93. The molecule has 2 aromatic rings. The summed E-state index contributed by atoms with van der Waals surface area (Å²) in [6.07, 6.45) is 3.63. The van der Waals surface area contributed by atoms with Crippen LogP contribution in [0.5, 0.6) is 0 Å². The van der Waals surface area contributed by atoms with Gasteiger partial charge in [-0.15, -0.1) is 0 Å². The molecule has 0 radical (unpaired) electrons. The van der Waals surface area contributed by atoms with Gasteiger partial charge in [-0.25, -0.2) is 0 Å². The van der Waals surface area contributed by atoms with Crippen molar-refractivity contribution < 1.29 is 4.92 Å². The van der Waals surface area contributed by atoms with Crippen molar-refractivity contribution in [1.29, 1.82) is 0 Å². The minimum absolute atomic E-state index is 0.116. The molecule has 0 spiro atoms. The Morgan fingerprint density at radius 3 is 2.69 bits per heavy atom. The lowest BCUT2D eigenvalue weighted by atomic mass is 10.0. The van der Waals surface area contributed by atoms with Gasteiger partial charge in [-0.2, -0.15) is 5.10 Å². The molecule has 5 nitrogen and oxygen atoms in total. The van der Waals surface area contributed by atoms with E-state index in [1.165, 1.54) is 6.07 Å². The lowest BCUT2D eigenvalue weighted by molar-refractivity contribution is -0.384. The molecule has 0 saturated heterocycles. The maximum absolute atomic E-state index is 10.6. The fraction of sp³-hybridized carbons (Fsp3) is 0.182. The third kappa shape index (κ3) is 1.79. The summed E-state index contributed by atoms with van der Waals surface area (Å²) < 4.78 is 1.70. The molecule has 0 aliphatic rings. The SMILES string of the molecule is Cc1cc([N+](=O)[O-])ccc1-c1cnn(C)c1. The maximum Gasteiger partial charge on any atom is 0.269 e. The second-order valence-electron chi connectivity index (χ2n) is 3.66. The summed E-state index contributed by atoms with van der Waals surface area (Å²) in [7, 11) is 1.84. The third-order valence-corrected chi connectivity index (χ3v) is 2.44. The van der Waals surface area contributed by atoms with Gasteiger partial charge in [0, 0.05) is 30.9 Å². The van der Waals surface area contributed by atoms with E-state index < -0.39 is 0 Å². The first kappa shape index (κ1) is 10.4. The van der Waals surface area contributed by atoms with Crippen LogP contribution in [0.2, 0.25) is 0 Å². The Bertz CT molecular complexity index is 546. The van der Waals surface area contributed by atoms with Crippen molar-refractivity contribution in [2.45, 2.75) is 6.92 Å². The van der Waals surface area contributed by atoms with Crippen LogP contribution in [0, 0.1) is 17.0 Å². The van der Waals surface area contributed by atoms with Crippen molar-refractivity contribution in [3.8, 4) is 11.1 Å². The highest BCUT2D eigenvalue weighted by Gasteiger charge is 2.10. The Morgan fingerprint density at radius 1 is 1.44 bits per heavy atom. The van der Waals surface area contributed by atoms with E-state index in [1.54, 1.807) is 23.0 Å². The summed E-state index contributed by atoms with van der Waals surface area (Å²) in [6, 6.07) is 4.84. The van der Waals surface area contributed by atoms with Crippen molar-refractivity contribution in [1.82, 2.24) is 9.78 Å². The number of rotatable bonds is 2. The van der Waals surface area contributed by atoms with Crippen molar-refractivity contribution in [2.24, 2.45) is 7.05 Å². The van der Waals surface area contributed by atoms with Gasteiger partial charge in [-0.3, -0.25) is 14.8 Å². The molecule has 1 aromatic heterocycles. The Balaban J connectivity index is 2.47. The Hall–Kier alpha value is -2.17. The smallest absolute Gasteiger partial charge is 0.269 e. The highest BCUT2D eigenvalue weighted by atomic mass is 16.6. The molecule has 0 atom stereocenters. The van der Waals surface area contributed by atoms with E-state index in [0.717, 1.165) is 16.7 Å². The second kappa shape index (κ2) is 3.77. The van der Waals surface area contributed by atoms with E-state index in [0.29, 0.717) is 0 Å². The van der Waals surface area contributed by atoms with Crippen LogP contribution in [0.3, 0.4) is 0 Å². The van der Waals surface area contributed by atoms with Crippen LogP contribution >= 0.6 is 0 Å². The standard InChI is InChI=1S/C11H11N3O2/c1-8-5-10(14(15)16)3-4-11(8)9-6-12-13(2)7-9/h3-7H,1-2H3. The van der Waals surface area contributed by atoms with E-state index in [1.807, 2.05) is 20.2 Å². The van der Waals surface area contributed by atoms with Gasteiger partial charge < -0.3 is 0 Å². The first-order valence-corrected chi connectivity index (χ1v) is 4.82. The van der Waals surface area contributed by atoms with Gasteiger partial charge in [0.2, 0.25) is 0 Å². The van der Waals surface area contributed by atoms with Crippen LogP contribution in [-0.2, 0) is 7.05 Å². The first-order chi connectivity index (χ1) is 7.58. The molecule has 0 unspecified atom stereocenters. The molecule has 16 heavy (non-hydrogen) atoms. The lowest BCUT2D eigenvalue weighted by Crippen LogP contribution is -1.90. The van der Waals surface area contributed by atoms with Crippen molar-refractivity contribution >= 4 is 5.69 Å². The Labute approximate surface area is 92.5 Å². The molecule has 0 aliphatic heterocycles. The minimum Gasteiger partial charge on any atom is -0.275 e. The van der Waals surface area contributed by atoms with E-state index in [2.05, 4.69) is 5.10 Å². The number of nitrogens with zero attached hydrogens (tertiary/aromatic N) is 3. The summed E-state index contributed by atoms with van der Waals surface area (Å²) in [5, 5.41) is 14.7. The molecule has 5 heteroatoms. The van der Waals surface area contributed by atoms with Gasteiger partial charge in [0.1, 0.15) is 0 Å². The van der Waals surface area contributed by atoms with Gasteiger partial charge in [-0.05, 0) is 24.1 Å². The summed E-state index contributed by atoms with van der Waals surface area (Å²) in [4.78, 5) is 10.2. The molecule has 82 valence electrons. The number of nitro benzene ring substituents is 1. The number of hydrogen-bond acceptors (Lipinski definition) is 3.